The summed E-state index contributed by atoms with van der Waals surface area (Å²) in [5.41, 5.74) is 8.78. The summed E-state index contributed by atoms with van der Waals surface area (Å²) in [6.45, 7) is 6.10. The first-order valence-corrected chi connectivity index (χ1v) is 6.55. The Morgan fingerprint density at radius 1 is 1.26 bits per heavy atom. The molecule has 2 rings (SSSR count). The fourth-order valence-electron chi connectivity index (χ4n) is 2.02. The first-order chi connectivity index (χ1) is 9.08. The van der Waals surface area contributed by atoms with Crippen molar-refractivity contribution >= 4 is 11.5 Å². The zero-order valence-corrected chi connectivity index (χ0v) is 11.6. The number of aromatic nitrogens is 2. The zero-order valence-electron chi connectivity index (χ0n) is 11.6. The average Bonchev–Trinajstić information content (AvgIpc) is 2.38. The van der Waals surface area contributed by atoms with E-state index >= 15 is 0 Å². The lowest BCUT2D eigenvalue weighted by Crippen LogP contribution is -2.10. The van der Waals surface area contributed by atoms with Gasteiger partial charge < -0.3 is 11.1 Å². The molecule has 0 spiro atoms. The van der Waals surface area contributed by atoms with Gasteiger partial charge in [0.25, 0.3) is 0 Å². The molecule has 0 aliphatic rings. The monoisotopic (exact) mass is 256 g/mol. The van der Waals surface area contributed by atoms with Crippen molar-refractivity contribution in [2.45, 2.75) is 33.2 Å². The summed E-state index contributed by atoms with van der Waals surface area (Å²) in [5, 5.41) is 3.39. The van der Waals surface area contributed by atoms with E-state index in [9.17, 15) is 0 Å². The maximum absolute atomic E-state index is 5.81. The van der Waals surface area contributed by atoms with Crippen LogP contribution in [0, 0.1) is 6.92 Å². The van der Waals surface area contributed by atoms with Gasteiger partial charge in [0, 0.05) is 17.4 Å². The number of anilines is 2. The van der Waals surface area contributed by atoms with Crippen molar-refractivity contribution in [3.63, 3.8) is 0 Å². The smallest absolute Gasteiger partial charge is 0.130 e. The predicted octanol–water partition coefficient (Wildman–Crippen LogP) is 3.10. The van der Waals surface area contributed by atoms with Gasteiger partial charge in [-0.2, -0.15) is 0 Å². The van der Waals surface area contributed by atoms with Crippen LogP contribution in [-0.2, 0) is 6.42 Å². The fraction of sp³-hybridized carbons (Fsp3) is 0.333. The number of aryl methyl sites for hydroxylation is 2. The highest BCUT2D eigenvalue weighted by molar-refractivity contribution is 5.45. The molecule has 0 fully saturated rings. The van der Waals surface area contributed by atoms with Crippen LogP contribution < -0.4 is 11.1 Å². The van der Waals surface area contributed by atoms with Gasteiger partial charge in [0.2, 0.25) is 0 Å². The largest absolute Gasteiger partial charge is 0.399 e. The number of nitrogens with zero attached hydrogens (tertiary/aromatic N) is 2. The van der Waals surface area contributed by atoms with Crippen LogP contribution >= 0.6 is 0 Å². The maximum Gasteiger partial charge on any atom is 0.130 e. The van der Waals surface area contributed by atoms with Crippen LogP contribution in [0.4, 0.5) is 11.5 Å². The molecule has 0 aliphatic heterocycles. The summed E-state index contributed by atoms with van der Waals surface area (Å²) in [6, 6.07) is 10.0. The molecule has 1 heterocycles. The molecular weight excluding hydrogens is 236 g/mol. The van der Waals surface area contributed by atoms with Crippen molar-refractivity contribution < 1.29 is 0 Å². The molecule has 0 saturated heterocycles. The Bertz CT molecular complexity index is 566. The number of nitrogens with one attached hydrogen (secondary N) is 1. The molecule has 1 atom stereocenters. The van der Waals surface area contributed by atoms with E-state index in [1.165, 1.54) is 0 Å². The van der Waals surface area contributed by atoms with E-state index in [0.717, 1.165) is 35.0 Å². The highest BCUT2D eigenvalue weighted by Gasteiger charge is 2.07. The molecule has 0 bridgehead atoms. The number of hydrogen-bond acceptors (Lipinski definition) is 4. The van der Waals surface area contributed by atoms with E-state index in [2.05, 4.69) is 35.2 Å². The highest BCUT2D eigenvalue weighted by atomic mass is 15.0. The van der Waals surface area contributed by atoms with Gasteiger partial charge in [0.1, 0.15) is 11.6 Å². The zero-order chi connectivity index (χ0) is 13.8. The average molecular weight is 256 g/mol. The third kappa shape index (κ3) is 3.44. The molecule has 0 amide bonds. The van der Waals surface area contributed by atoms with Gasteiger partial charge >= 0.3 is 0 Å². The summed E-state index contributed by atoms with van der Waals surface area (Å²) in [4.78, 5) is 8.79. The number of hydrogen-bond donors (Lipinski definition) is 2. The molecule has 1 aromatic carbocycles. The Kier molecular flexibility index (Phi) is 4.00. The molecule has 0 radical (unpaired) electrons. The van der Waals surface area contributed by atoms with E-state index in [4.69, 9.17) is 5.73 Å². The van der Waals surface area contributed by atoms with Crippen LogP contribution in [0.2, 0.25) is 0 Å². The number of nitrogen functional groups attached to an aromatic ring is 1. The van der Waals surface area contributed by atoms with Crippen LogP contribution in [0.1, 0.15) is 37.0 Å². The number of rotatable bonds is 4. The summed E-state index contributed by atoms with van der Waals surface area (Å²) in [5.74, 6) is 1.65. The van der Waals surface area contributed by atoms with Crippen molar-refractivity contribution in [1.29, 1.82) is 0 Å². The molecule has 19 heavy (non-hydrogen) atoms. The fourth-order valence-corrected chi connectivity index (χ4v) is 2.02. The molecule has 0 aliphatic carbocycles. The van der Waals surface area contributed by atoms with E-state index in [1.807, 2.05) is 31.2 Å². The van der Waals surface area contributed by atoms with Gasteiger partial charge in [-0.1, -0.05) is 19.1 Å². The Labute approximate surface area is 114 Å². The quantitative estimate of drug-likeness (QED) is 0.825. The molecule has 4 nitrogen and oxygen atoms in total. The van der Waals surface area contributed by atoms with Crippen molar-refractivity contribution in [3.05, 3.63) is 47.4 Å². The lowest BCUT2D eigenvalue weighted by Gasteiger charge is -2.16. The van der Waals surface area contributed by atoms with E-state index < -0.39 is 0 Å². The topological polar surface area (TPSA) is 63.8 Å². The van der Waals surface area contributed by atoms with E-state index in [1.54, 1.807) is 0 Å². The summed E-state index contributed by atoms with van der Waals surface area (Å²) in [6.07, 6.45) is 0.907. The number of benzene rings is 1. The van der Waals surface area contributed by atoms with Crippen LogP contribution in [0.25, 0.3) is 0 Å². The Balaban J connectivity index is 2.18. The molecule has 1 unspecified atom stereocenters. The minimum atomic E-state index is 0.155. The normalized spacial score (nSPS) is 12.2. The third-order valence-corrected chi connectivity index (χ3v) is 3.03. The molecule has 100 valence electrons. The number of nitrogens with two attached hydrogens (primary N) is 1. The second kappa shape index (κ2) is 5.69. The minimum absolute atomic E-state index is 0.155. The summed E-state index contributed by atoms with van der Waals surface area (Å²) in [7, 11) is 0. The van der Waals surface area contributed by atoms with E-state index in [-0.39, 0.29) is 6.04 Å². The van der Waals surface area contributed by atoms with Gasteiger partial charge in [-0.25, -0.2) is 9.97 Å². The van der Waals surface area contributed by atoms with Gasteiger partial charge in [-0.3, -0.25) is 0 Å². The Morgan fingerprint density at radius 3 is 2.74 bits per heavy atom. The van der Waals surface area contributed by atoms with Crippen LogP contribution in [0.15, 0.2) is 30.3 Å². The van der Waals surface area contributed by atoms with Gasteiger partial charge in [-0.05, 0) is 38.0 Å². The second-order valence-corrected chi connectivity index (χ2v) is 4.68. The van der Waals surface area contributed by atoms with Crippen LogP contribution in [-0.4, -0.2) is 9.97 Å². The van der Waals surface area contributed by atoms with Crippen molar-refractivity contribution in [2.24, 2.45) is 0 Å². The van der Waals surface area contributed by atoms with Crippen molar-refractivity contribution in [2.75, 3.05) is 11.1 Å². The standard InChI is InChI=1S/C15H20N4/c1-4-14-9-15(19-11(3)18-14)17-10(2)12-6-5-7-13(16)8-12/h5-10H,4,16H2,1-3H3,(H,17,18,19). The highest BCUT2D eigenvalue weighted by Crippen LogP contribution is 2.20. The molecular formula is C15H20N4. The third-order valence-electron chi connectivity index (χ3n) is 3.03. The SMILES string of the molecule is CCc1cc(NC(C)c2cccc(N)c2)nc(C)n1. The predicted molar refractivity (Wildman–Crippen MR) is 79.0 cm³/mol. The van der Waals surface area contributed by atoms with Crippen LogP contribution in [0.5, 0.6) is 0 Å². The second-order valence-electron chi connectivity index (χ2n) is 4.68. The Hall–Kier alpha value is -2.10. The first-order valence-electron chi connectivity index (χ1n) is 6.55. The molecule has 3 N–H and O–H groups in total. The first kappa shape index (κ1) is 13.3. The lowest BCUT2D eigenvalue weighted by atomic mass is 10.1. The van der Waals surface area contributed by atoms with Crippen molar-refractivity contribution in [3.8, 4) is 0 Å². The van der Waals surface area contributed by atoms with E-state index in [0.29, 0.717) is 0 Å². The Morgan fingerprint density at radius 2 is 2.05 bits per heavy atom. The molecule has 0 saturated carbocycles. The maximum atomic E-state index is 5.81. The van der Waals surface area contributed by atoms with Gasteiger partial charge in [0.05, 0.1) is 6.04 Å². The molecule has 2 aromatic rings. The van der Waals surface area contributed by atoms with Crippen LogP contribution in [0.3, 0.4) is 0 Å². The molecule has 1 aromatic heterocycles. The van der Waals surface area contributed by atoms with Gasteiger partial charge in [0.15, 0.2) is 0 Å². The summed E-state index contributed by atoms with van der Waals surface area (Å²) >= 11 is 0. The summed E-state index contributed by atoms with van der Waals surface area (Å²) < 4.78 is 0. The molecule has 4 heteroatoms. The minimum Gasteiger partial charge on any atom is -0.399 e. The van der Waals surface area contributed by atoms with Gasteiger partial charge in [-0.15, -0.1) is 0 Å². The lowest BCUT2D eigenvalue weighted by molar-refractivity contribution is 0.859. The van der Waals surface area contributed by atoms with Crippen molar-refractivity contribution in [1.82, 2.24) is 9.97 Å².